The number of rotatable bonds is 3. The number of fused-ring (bicyclic) bond motifs is 1. The van der Waals surface area contributed by atoms with Crippen LogP contribution in [0.2, 0.25) is 0 Å². The summed E-state index contributed by atoms with van der Waals surface area (Å²) < 4.78 is 5.47. The van der Waals surface area contributed by atoms with Crippen molar-refractivity contribution in [3.8, 4) is 0 Å². The van der Waals surface area contributed by atoms with Crippen LogP contribution in [0.3, 0.4) is 0 Å². The molecule has 1 aromatic rings. The summed E-state index contributed by atoms with van der Waals surface area (Å²) in [6.45, 7) is 3.15. The molecule has 2 aliphatic carbocycles. The molecule has 26 heavy (non-hydrogen) atoms. The van der Waals surface area contributed by atoms with Gasteiger partial charge in [0.05, 0.1) is 12.6 Å². The van der Waals surface area contributed by atoms with E-state index in [4.69, 9.17) is 4.52 Å². The first-order chi connectivity index (χ1) is 12.6. The van der Waals surface area contributed by atoms with Gasteiger partial charge in [0, 0.05) is 25.2 Å². The second kappa shape index (κ2) is 6.64. The average molecular weight is 359 g/mol. The number of likely N-dealkylation sites (tertiary alicyclic amines) is 1. The van der Waals surface area contributed by atoms with Gasteiger partial charge in [-0.1, -0.05) is 5.16 Å². The Hall–Kier alpha value is -1.40. The monoisotopic (exact) mass is 359 g/mol. The fourth-order valence-electron chi connectivity index (χ4n) is 6.06. The molecule has 142 valence electrons. The van der Waals surface area contributed by atoms with Crippen molar-refractivity contribution in [1.82, 2.24) is 15.0 Å². The van der Waals surface area contributed by atoms with Crippen LogP contribution in [0, 0.1) is 17.8 Å². The number of hydrogen-bond donors (Lipinski definition) is 1. The van der Waals surface area contributed by atoms with Gasteiger partial charge in [-0.3, -0.25) is 9.69 Å². The number of β-amino-alcohol motifs (C(OH)–C–C–N with tert-alkyl or cyclic N) is 1. The summed E-state index contributed by atoms with van der Waals surface area (Å²) in [4.78, 5) is 17.4. The summed E-state index contributed by atoms with van der Waals surface area (Å²) in [6, 6.07) is 2.22. The van der Waals surface area contributed by atoms with Crippen molar-refractivity contribution in [2.45, 2.75) is 63.6 Å². The zero-order chi connectivity index (χ0) is 17.7. The maximum Gasteiger partial charge on any atom is 0.276 e. The highest BCUT2D eigenvalue weighted by atomic mass is 16.5. The predicted octanol–water partition coefficient (Wildman–Crippen LogP) is 2.28. The maximum absolute atomic E-state index is 13.1. The highest BCUT2D eigenvalue weighted by molar-refractivity contribution is 5.92. The van der Waals surface area contributed by atoms with Gasteiger partial charge in [-0.05, 0) is 69.2 Å². The fraction of sp³-hybridized carbons (Fsp3) is 0.800. The van der Waals surface area contributed by atoms with Crippen molar-refractivity contribution in [2.24, 2.45) is 17.8 Å². The van der Waals surface area contributed by atoms with Crippen LogP contribution >= 0.6 is 0 Å². The van der Waals surface area contributed by atoms with Crippen LogP contribution in [0.1, 0.15) is 61.2 Å². The second-order valence-corrected chi connectivity index (χ2v) is 9.10. The molecule has 5 aliphatic rings. The molecule has 0 spiro atoms. The summed E-state index contributed by atoms with van der Waals surface area (Å²) >= 11 is 0. The van der Waals surface area contributed by atoms with Gasteiger partial charge in [0.2, 0.25) is 0 Å². The molecule has 5 fully saturated rings. The molecule has 6 nitrogen and oxygen atoms in total. The number of amides is 1. The summed E-state index contributed by atoms with van der Waals surface area (Å²) in [5.74, 6) is 3.11. The van der Waals surface area contributed by atoms with Crippen molar-refractivity contribution in [1.29, 1.82) is 0 Å². The number of aliphatic hydroxyl groups excluding tert-OH is 1. The van der Waals surface area contributed by atoms with Crippen LogP contribution in [-0.2, 0) is 6.54 Å². The van der Waals surface area contributed by atoms with Gasteiger partial charge in [-0.15, -0.1) is 0 Å². The Kier molecular flexibility index (Phi) is 4.28. The molecule has 3 aliphatic heterocycles. The standard InChI is InChI=1S/C20H29N3O3/c24-17-2-1-3-22(11-17)12-18-9-19(21-26-18)20(25)23-10-15-5-13-4-14(6-15)8-16(23)7-13/h9,13-17,24H,1-8,10-12H2/t13-,14+,15?,16?,17-/m0/s1. The maximum atomic E-state index is 13.1. The van der Waals surface area contributed by atoms with Gasteiger partial charge in [0.15, 0.2) is 11.5 Å². The third-order valence-corrected chi connectivity index (χ3v) is 7.01. The van der Waals surface area contributed by atoms with E-state index >= 15 is 0 Å². The Balaban J connectivity index is 1.28. The Labute approximate surface area is 154 Å². The molecule has 6 heteroatoms. The largest absolute Gasteiger partial charge is 0.392 e. The lowest BCUT2D eigenvalue weighted by Crippen LogP contribution is -2.42. The van der Waals surface area contributed by atoms with Crippen LogP contribution in [0.5, 0.6) is 0 Å². The lowest BCUT2D eigenvalue weighted by Gasteiger charge is -2.38. The molecular formula is C20H29N3O3. The molecule has 4 bridgehead atoms. The third-order valence-electron chi connectivity index (χ3n) is 7.01. The summed E-state index contributed by atoms with van der Waals surface area (Å²) in [5, 5.41) is 13.9. The molecule has 2 saturated carbocycles. The molecule has 0 radical (unpaired) electrons. The van der Waals surface area contributed by atoms with Gasteiger partial charge >= 0.3 is 0 Å². The van der Waals surface area contributed by atoms with Crippen molar-refractivity contribution < 1.29 is 14.4 Å². The zero-order valence-corrected chi connectivity index (χ0v) is 15.3. The first kappa shape index (κ1) is 16.8. The molecule has 1 aromatic heterocycles. The molecule has 2 unspecified atom stereocenters. The van der Waals surface area contributed by atoms with Crippen LogP contribution in [0.15, 0.2) is 10.6 Å². The average Bonchev–Trinajstić information content (AvgIpc) is 2.97. The Morgan fingerprint density at radius 3 is 2.69 bits per heavy atom. The molecule has 4 heterocycles. The third kappa shape index (κ3) is 3.18. The van der Waals surface area contributed by atoms with E-state index < -0.39 is 0 Å². The van der Waals surface area contributed by atoms with E-state index in [9.17, 15) is 9.90 Å². The highest BCUT2D eigenvalue weighted by Crippen LogP contribution is 2.47. The van der Waals surface area contributed by atoms with Crippen LogP contribution < -0.4 is 0 Å². The Bertz CT molecular complexity index is 661. The van der Waals surface area contributed by atoms with Crippen molar-refractivity contribution >= 4 is 5.91 Å². The minimum Gasteiger partial charge on any atom is -0.392 e. The molecular weight excluding hydrogens is 330 g/mol. The van der Waals surface area contributed by atoms with E-state index in [-0.39, 0.29) is 12.0 Å². The van der Waals surface area contributed by atoms with Crippen LogP contribution in [-0.4, -0.2) is 57.8 Å². The molecule has 1 N–H and O–H groups in total. The van der Waals surface area contributed by atoms with Gasteiger partial charge < -0.3 is 14.5 Å². The summed E-state index contributed by atoms with van der Waals surface area (Å²) in [6.07, 6.45) is 7.96. The Morgan fingerprint density at radius 1 is 1.15 bits per heavy atom. The van der Waals surface area contributed by atoms with E-state index in [1.807, 2.05) is 6.07 Å². The number of carbonyl (C=O) groups excluding carboxylic acids is 1. The normalized spacial score (nSPS) is 37.1. The van der Waals surface area contributed by atoms with E-state index in [0.717, 1.165) is 43.5 Å². The van der Waals surface area contributed by atoms with E-state index in [2.05, 4.69) is 15.0 Å². The highest BCUT2D eigenvalue weighted by Gasteiger charge is 2.44. The molecule has 0 aromatic carbocycles. The van der Waals surface area contributed by atoms with Gasteiger partial charge in [-0.25, -0.2) is 0 Å². The lowest BCUT2D eigenvalue weighted by atomic mass is 9.68. The first-order valence-corrected chi connectivity index (χ1v) is 10.3. The fourth-order valence-corrected chi connectivity index (χ4v) is 6.06. The number of piperidine rings is 1. The number of aromatic nitrogens is 1. The van der Waals surface area contributed by atoms with Crippen LogP contribution in [0.25, 0.3) is 0 Å². The summed E-state index contributed by atoms with van der Waals surface area (Å²) in [7, 11) is 0. The predicted molar refractivity (Wildman–Crippen MR) is 95.4 cm³/mol. The lowest BCUT2D eigenvalue weighted by molar-refractivity contribution is 0.0616. The number of aliphatic hydroxyl groups is 1. The van der Waals surface area contributed by atoms with E-state index in [1.54, 1.807) is 0 Å². The minimum absolute atomic E-state index is 0.0527. The summed E-state index contributed by atoms with van der Waals surface area (Å²) in [5.41, 5.74) is 0.457. The molecule has 5 atom stereocenters. The number of hydrogen-bond acceptors (Lipinski definition) is 5. The van der Waals surface area contributed by atoms with E-state index in [1.165, 1.54) is 32.1 Å². The Morgan fingerprint density at radius 2 is 1.92 bits per heavy atom. The van der Waals surface area contributed by atoms with Crippen molar-refractivity contribution in [2.75, 3.05) is 19.6 Å². The smallest absolute Gasteiger partial charge is 0.276 e. The zero-order valence-electron chi connectivity index (χ0n) is 15.3. The van der Waals surface area contributed by atoms with Crippen molar-refractivity contribution in [3.05, 3.63) is 17.5 Å². The number of carbonyl (C=O) groups is 1. The first-order valence-electron chi connectivity index (χ1n) is 10.3. The minimum atomic E-state index is -0.254. The van der Waals surface area contributed by atoms with E-state index in [0.29, 0.717) is 30.7 Å². The molecule has 6 rings (SSSR count). The van der Waals surface area contributed by atoms with Gasteiger partial charge in [0.1, 0.15) is 0 Å². The van der Waals surface area contributed by atoms with Crippen LogP contribution in [0.4, 0.5) is 0 Å². The quantitative estimate of drug-likeness (QED) is 0.897. The second-order valence-electron chi connectivity index (χ2n) is 9.10. The van der Waals surface area contributed by atoms with Crippen molar-refractivity contribution in [3.63, 3.8) is 0 Å². The molecule has 1 amide bonds. The molecule has 3 saturated heterocycles. The van der Waals surface area contributed by atoms with Gasteiger partial charge in [-0.2, -0.15) is 0 Å². The van der Waals surface area contributed by atoms with Gasteiger partial charge in [0.25, 0.3) is 5.91 Å². The topological polar surface area (TPSA) is 69.8 Å². The SMILES string of the molecule is O=C(c1cc(CN2CCC[C@H](O)C2)on1)N1CC2C[C@@H]3CC1C[C@H](C2)C3. The number of nitrogens with zero attached hydrogens (tertiary/aromatic N) is 3.